The van der Waals surface area contributed by atoms with Crippen LogP contribution in [0.1, 0.15) is 31.7 Å². The third-order valence-corrected chi connectivity index (χ3v) is 3.17. The molecule has 0 saturated heterocycles. The smallest absolute Gasteiger partial charge is 0.137 e. The lowest BCUT2D eigenvalue weighted by molar-refractivity contribution is -0.133. The highest BCUT2D eigenvalue weighted by Crippen LogP contribution is 2.43. The number of hydrogen-bond acceptors (Lipinski definition) is 1. The minimum absolute atomic E-state index is 0.261. The second-order valence-electron chi connectivity index (χ2n) is 4.46. The maximum absolute atomic E-state index is 11.5. The Labute approximate surface area is 85.1 Å². The minimum atomic E-state index is 0.261. The molecule has 74 valence electrons. The highest BCUT2D eigenvalue weighted by Gasteiger charge is 2.41. The Morgan fingerprint density at radius 1 is 1.21 bits per heavy atom. The molecule has 1 aliphatic rings. The van der Waals surface area contributed by atoms with Gasteiger partial charge in [0.2, 0.25) is 0 Å². The van der Waals surface area contributed by atoms with Crippen molar-refractivity contribution >= 4 is 5.78 Å². The summed E-state index contributed by atoms with van der Waals surface area (Å²) in [5.41, 5.74) is 1.32. The number of rotatable bonds is 2. The summed E-state index contributed by atoms with van der Waals surface area (Å²) < 4.78 is 0. The molecule has 0 N–H and O–H groups in total. The molecule has 0 spiro atoms. The van der Waals surface area contributed by atoms with Crippen molar-refractivity contribution in [2.24, 2.45) is 11.8 Å². The molecule has 1 nitrogen and oxygen atoms in total. The quantitative estimate of drug-likeness (QED) is 0.697. The van der Waals surface area contributed by atoms with E-state index in [0.29, 0.717) is 17.6 Å². The summed E-state index contributed by atoms with van der Waals surface area (Å²) in [7, 11) is 0. The molecule has 0 amide bonds. The molecular formula is C13H16O. The number of ketones is 1. The average Bonchev–Trinajstić information content (AvgIpc) is 2.14. The van der Waals surface area contributed by atoms with Gasteiger partial charge < -0.3 is 0 Å². The van der Waals surface area contributed by atoms with Crippen molar-refractivity contribution in [3.8, 4) is 0 Å². The van der Waals surface area contributed by atoms with E-state index >= 15 is 0 Å². The summed E-state index contributed by atoms with van der Waals surface area (Å²) in [5, 5.41) is 0. The normalized spacial score (nSPS) is 26.4. The summed E-state index contributed by atoms with van der Waals surface area (Å²) >= 11 is 0. The Kier molecular flexibility index (Phi) is 2.40. The molecule has 0 heterocycles. The molecule has 1 fully saturated rings. The van der Waals surface area contributed by atoms with Crippen molar-refractivity contribution in [1.82, 2.24) is 0 Å². The van der Waals surface area contributed by atoms with Crippen LogP contribution in [0.5, 0.6) is 0 Å². The molecule has 2 rings (SSSR count). The van der Waals surface area contributed by atoms with E-state index in [9.17, 15) is 4.79 Å². The van der Waals surface area contributed by atoms with Gasteiger partial charge in [0.1, 0.15) is 5.78 Å². The third kappa shape index (κ3) is 1.47. The van der Waals surface area contributed by atoms with Crippen LogP contribution in [0.25, 0.3) is 0 Å². The van der Waals surface area contributed by atoms with Gasteiger partial charge in [0.05, 0.1) is 0 Å². The van der Waals surface area contributed by atoms with E-state index in [0.717, 1.165) is 6.42 Å². The van der Waals surface area contributed by atoms with E-state index in [1.807, 2.05) is 6.07 Å². The summed E-state index contributed by atoms with van der Waals surface area (Å²) in [6.45, 7) is 4.27. The molecular weight excluding hydrogens is 172 g/mol. The van der Waals surface area contributed by atoms with Crippen molar-refractivity contribution in [2.75, 3.05) is 0 Å². The van der Waals surface area contributed by atoms with Crippen LogP contribution >= 0.6 is 0 Å². The predicted octanol–water partition coefficient (Wildman–Crippen LogP) is 3.02. The van der Waals surface area contributed by atoms with E-state index < -0.39 is 0 Å². The lowest BCUT2D eigenvalue weighted by atomic mass is 9.64. The van der Waals surface area contributed by atoms with Crippen LogP contribution in [-0.4, -0.2) is 5.78 Å². The van der Waals surface area contributed by atoms with Crippen LogP contribution in [0.3, 0.4) is 0 Å². The van der Waals surface area contributed by atoms with Crippen LogP contribution in [-0.2, 0) is 4.79 Å². The van der Waals surface area contributed by atoms with Crippen molar-refractivity contribution in [1.29, 1.82) is 0 Å². The maximum Gasteiger partial charge on any atom is 0.137 e. The Balaban J connectivity index is 2.18. The molecule has 14 heavy (non-hydrogen) atoms. The van der Waals surface area contributed by atoms with Gasteiger partial charge in [-0.05, 0) is 11.5 Å². The highest BCUT2D eigenvalue weighted by atomic mass is 16.1. The zero-order valence-corrected chi connectivity index (χ0v) is 8.73. The predicted molar refractivity (Wildman–Crippen MR) is 57.1 cm³/mol. The summed E-state index contributed by atoms with van der Waals surface area (Å²) in [6, 6.07) is 10.4. The van der Waals surface area contributed by atoms with Gasteiger partial charge in [-0.1, -0.05) is 44.2 Å². The Bertz CT molecular complexity index is 326. The number of Topliss-reactive ketones (excluding diaryl/α,β-unsaturated/α-hetero) is 1. The Morgan fingerprint density at radius 2 is 1.86 bits per heavy atom. The topological polar surface area (TPSA) is 17.1 Å². The molecule has 0 unspecified atom stereocenters. The number of benzene rings is 1. The van der Waals surface area contributed by atoms with Crippen molar-refractivity contribution in [3.63, 3.8) is 0 Å². The summed E-state index contributed by atoms with van der Waals surface area (Å²) in [6.07, 6.45) is 0.743. The maximum atomic E-state index is 11.5. The van der Waals surface area contributed by atoms with Crippen molar-refractivity contribution < 1.29 is 4.79 Å². The fourth-order valence-electron chi connectivity index (χ4n) is 2.41. The number of carbonyl (C=O) groups excluding carboxylic acids is 1. The Morgan fingerprint density at radius 3 is 2.36 bits per heavy atom. The fourth-order valence-corrected chi connectivity index (χ4v) is 2.41. The molecule has 1 aromatic rings. The zero-order valence-electron chi connectivity index (χ0n) is 8.73. The molecule has 0 aromatic heterocycles. The van der Waals surface area contributed by atoms with E-state index in [1.165, 1.54) is 5.56 Å². The first-order chi connectivity index (χ1) is 6.70. The van der Waals surface area contributed by atoms with E-state index in [4.69, 9.17) is 0 Å². The zero-order chi connectivity index (χ0) is 10.1. The lowest BCUT2D eigenvalue weighted by Crippen LogP contribution is -2.38. The van der Waals surface area contributed by atoms with Gasteiger partial charge in [0.25, 0.3) is 0 Å². The van der Waals surface area contributed by atoms with Crippen LogP contribution in [0.4, 0.5) is 0 Å². The van der Waals surface area contributed by atoms with Crippen molar-refractivity contribution in [2.45, 2.75) is 26.2 Å². The molecule has 0 aliphatic heterocycles. The van der Waals surface area contributed by atoms with Gasteiger partial charge in [-0.25, -0.2) is 0 Å². The number of hydrogen-bond donors (Lipinski definition) is 0. The van der Waals surface area contributed by atoms with Gasteiger partial charge >= 0.3 is 0 Å². The fraction of sp³-hybridized carbons (Fsp3) is 0.462. The van der Waals surface area contributed by atoms with Crippen LogP contribution in [0, 0.1) is 11.8 Å². The highest BCUT2D eigenvalue weighted by molar-refractivity contribution is 5.89. The summed E-state index contributed by atoms with van der Waals surface area (Å²) in [4.78, 5) is 11.5. The van der Waals surface area contributed by atoms with Gasteiger partial charge in [-0.3, -0.25) is 4.79 Å². The largest absolute Gasteiger partial charge is 0.299 e. The van der Waals surface area contributed by atoms with Crippen LogP contribution < -0.4 is 0 Å². The monoisotopic (exact) mass is 188 g/mol. The first kappa shape index (κ1) is 9.45. The van der Waals surface area contributed by atoms with Crippen LogP contribution in [0.2, 0.25) is 0 Å². The SMILES string of the molecule is CC(C)[C@H]1C(=O)C[C@@H]1c1ccccc1. The molecule has 1 aromatic carbocycles. The summed E-state index contributed by atoms with van der Waals surface area (Å²) in [5.74, 6) is 1.65. The minimum Gasteiger partial charge on any atom is -0.299 e. The molecule has 0 radical (unpaired) electrons. The second kappa shape index (κ2) is 3.56. The van der Waals surface area contributed by atoms with Gasteiger partial charge in [-0.15, -0.1) is 0 Å². The van der Waals surface area contributed by atoms with E-state index in [-0.39, 0.29) is 5.92 Å². The standard InChI is InChI=1S/C13H16O/c1-9(2)13-11(8-12(13)14)10-6-4-3-5-7-10/h3-7,9,11,13H,8H2,1-2H3/t11-,13-/m1/s1. The second-order valence-corrected chi connectivity index (χ2v) is 4.46. The van der Waals surface area contributed by atoms with Gasteiger partial charge in [0.15, 0.2) is 0 Å². The lowest BCUT2D eigenvalue weighted by Gasteiger charge is -2.38. The molecule has 1 aliphatic carbocycles. The Hall–Kier alpha value is -1.11. The molecule has 2 atom stereocenters. The van der Waals surface area contributed by atoms with E-state index in [2.05, 4.69) is 38.1 Å². The van der Waals surface area contributed by atoms with Gasteiger partial charge in [0, 0.05) is 18.3 Å². The molecule has 0 bridgehead atoms. The number of carbonyl (C=O) groups is 1. The van der Waals surface area contributed by atoms with Crippen LogP contribution in [0.15, 0.2) is 30.3 Å². The van der Waals surface area contributed by atoms with Gasteiger partial charge in [-0.2, -0.15) is 0 Å². The first-order valence-electron chi connectivity index (χ1n) is 5.28. The third-order valence-electron chi connectivity index (χ3n) is 3.17. The molecule has 1 saturated carbocycles. The first-order valence-corrected chi connectivity index (χ1v) is 5.28. The average molecular weight is 188 g/mol. The van der Waals surface area contributed by atoms with Crippen molar-refractivity contribution in [3.05, 3.63) is 35.9 Å². The van der Waals surface area contributed by atoms with E-state index in [1.54, 1.807) is 0 Å². The molecule has 1 heteroatoms.